The monoisotopic (exact) mass is 928 g/mol. The minimum Gasteiger partial charge on any atom is -0.444 e. The summed E-state index contributed by atoms with van der Waals surface area (Å²) in [4.78, 5) is 69.0. The van der Waals surface area contributed by atoms with Crippen molar-refractivity contribution in [1.29, 1.82) is 0 Å². The van der Waals surface area contributed by atoms with E-state index in [4.69, 9.17) is 51.1 Å². The topological polar surface area (TPSA) is 190 Å². The molecule has 6 rings (SSSR count). The normalized spacial score (nSPS) is 15.7. The van der Waals surface area contributed by atoms with Crippen LogP contribution < -0.4 is 30.7 Å². The zero-order valence-electron chi connectivity index (χ0n) is 36.1. The Morgan fingerprint density at radius 2 is 1.03 bits per heavy atom. The molecule has 3 amide bonds. The summed E-state index contributed by atoms with van der Waals surface area (Å²) in [6.45, 7) is 23.6. The highest BCUT2D eigenvalue weighted by Crippen LogP contribution is 2.18. The van der Waals surface area contributed by atoms with Gasteiger partial charge in [-0.15, -0.1) is 11.6 Å². The summed E-state index contributed by atoms with van der Waals surface area (Å²) in [6.07, 6.45) is 9.45. The van der Waals surface area contributed by atoms with Crippen molar-refractivity contribution in [3.8, 4) is 0 Å². The first-order chi connectivity index (χ1) is 28.9. The van der Waals surface area contributed by atoms with Crippen LogP contribution in [0.15, 0.2) is 37.2 Å². The number of carbonyl (C=O) groups excluding carboxylic acids is 3. The predicted molar refractivity (Wildman–Crippen MR) is 242 cm³/mol. The van der Waals surface area contributed by atoms with Gasteiger partial charge in [-0.25, -0.2) is 19.7 Å². The van der Waals surface area contributed by atoms with E-state index in [2.05, 4.69) is 65.5 Å². The SMILES string of the molecule is CC(C)(C)OC(=O)N1CCN(c2cncc(Cl)n2)CC1.CC(C)NC(=O)CCl.CC(C)NC(=O)CN1CCN(c2cncc(Cl)n2)CC1.Clc1cncc(N2CCNCC2)n1. The second-order valence-electron chi connectivity index (χ2n) is 15.6. The van der Waals surface area contributed by atoms with Crippen LogP contribution in [-0.2, 0) is 14.3 Å². The number of nitrogens with zero attached hydrogens (tertiary/aromatic N) is 11. The van der Waals surface area contributed by atoms with Crippen LogP contribution in [0.4, 0.5) is 22.2 Å². The highest BCUT2D eigenvalue weighted by atomic mass is 35.5. The highest BCUT2D eigenvalue weighted by molar-refractivity contribution is 6.30. The lowest BCUT2D eigenvalue weighted by Crippen LogP contribution is -2.50. The molecule has 3 N–H and O–H groups in total. The Labute approximate surface area is 379 Å². The summed E-state index contributed by atoms with van der Waals surface area (Å²) < 4.78 is 5.36. The fourth-order valence-electron chi connectivity index (χ4n) is 5.86. The Kier molecular flexibility index (Phi) is 22.2. The Hall–Kier alpha value is -4.07. The van der Waals surface area contributed by atoms with Crippen LogP contribution >= 0.6 is 46.4 Å². The summed E-state index contributed by atoms with van der Waals surface area (Å²) in [6, 6.07) is 0.381. The molecule has 3 fully saturated rings. The van der Waals surface area contributed by atoms with Crippen LogP contribution in [0.25, 0.3) is 0 Å². The zero-order chi connectivity index (χ0) is 45.0. The van der Waals surface area contributed by atoms with Crippen LogP contribution in [0.3, 0.4) is 0 Å². The van der Waals surface area contributed by atoms with Gasteiger partial charge in [0.05, 0.1) is 43.7 Å². The van der Waals surface area contributed by atoms with Crippen LogP contribution in [0.5, 0.6) is 0 Å². The molecular weight excluding hydrogens is 870 g/mol. The predicted octanol–water partition coefficient (Wildman–Crippen LogP) is 4.25. The van der Waals surface area contributed by atoms with Crippen molar-refractivity contribution >= 4 is 81.8 Å². The molecule has 0 aromatic carbocycles. The summed E-state index contributed by atoms with van der Waals surface area (Å²) in [5, 5.41) is 10.0. The fraction of sp³-hybridized carbons (Fsp3) is 0.615. The molecular formula is C39H60Cl4N14O4. The molecule has 0 aliphatic carbocycles. The van der Waals surface area contributed by atoms with Gasteiger partial charge >= 0.3 is 6.09 Å². The molecule has 18 nitrogen and oxygen atoms in total. The molecule has 0 radical (unpaired) electrons. The number of hydrogen-bond acceptors (Lipinski definition) is 15. The Morgan fingerprint density at radius 3 is 1.39 bits per heavy atom. The molecule has 3 aromatic rings. The average Bonchev–Trinajstić information content (AvgIpc) is 3.21. The van der Waals surface area contributed by atoms with Crippen molar-refractivity contribution < 1.29 is 19.1 Å². The van der Waals surface area contributed by atoms with Gasteiger partial charge in [0.15, 0.2) is 0 Å². The highest BCUT2D eigenvalue weighted by Gasteiger charge is 2.26. The molecule has 0 bridgehead atoms. The van der Waals surface area contributed by atoms with Crippen molar-refractivity contribution in [2.24, 2.45) is 0 Å². The largest absolute Gasteiger partial charge is 0.444 e. The second-order valence-corrected chi connectivity index (χ2v) is 17.1. The number of anilines is 3. The molecule has 3 aromatic heterocycles. The number of amides is 3. The maximum atomic E-state index is 11.9. The van der Waals surface area contributed by atoms with E-state index in [1.54, 1.807) is 29.7 Å². The molecule has 0 saturated carbocycles. The number of ether oxygens (including phenoxy) is 1. The summed E-state index contributed by atoms with van der Waals surface area (Å²) in [5.41, 5.74) is -0.466. The number of aromatic nitrogens is 6. The van der Waals surface area contributed by atoms with Crippen molar-refractivity contribution in [2.75, 3.05) is 106 Å². The van der Waals surface area contributed by atoms with E-state index in [1.165, 1.54) is 12.4 Å². The van der Waals surface area contributed by atoms with Gasteiger partial charge in [-0.3, -0.25) is 29.4 Å². The number of carbonyl (C=O) groups is 3. The quantitative estimate of drug-likeness (QED) is 0.272. The number of hydrogen-bond donors (Lipinski definition) is 3. The molecule has 6 heterocycles. The first-order valence-electron chi connectivity index (χ1n) is 20.2. The number of piperazine rings is 3. The number of rotatable bonds is 8. The number of halogens is 4. The van der Waals surface area contributed by atoms with Crippen LogP contribution in [0, 0.1) is 0 Å². The number of alkyl halides is 1. The average molecular weight is 931 g/mol. The van der Waals surface area contributed by atoms with Crippen molar-refractivity contribution in [3.05, 3.63) is 52.6 Å². The van der Waals surface area contributed by atoms with E-state index < -0.39 is 5.60 Å². The zero-order valence-corrected chi connectivity index (χ0v) is 39.1. The molecule has 0 atom stereocenters. The van der Waals surface area contributed by atoms with Gasteiger partial charge in [0.1, 0.15) is 44.4 Å². The Balaban J connectivity index is 0.000000228. The fourth-order valence-corrected chi connectivity index (χ4v) is 6.37. The van der Waals surface area contributed by atoms with Gasteiger partial charge in [0, 0.05) is 90.6 Å². The van der Waals surface area contributed by atoms with E-state index in [1.807, 2.05) is 48.5 Å². The van der Waals surface area contributed by atoms with E-state index in [0.29, 0.717) is 48.2 Å². The lowest BCUT2D eigenvalue weighted by Gasteiger charge is -2.36. The van der Waals surface area contributed by atoms with E-state index in [0.717, 1.165) is 69.8 Å². The molecule has 3 aliphatic heterocycles. The third-order valence-electron chi connectivity index (χ3n) is 8.56. The van der Waals surface area contributed by atoms with Crippen molar-refractivity contribution in [2.45, 2.75) is 66.2 Å². The van der Waals surface area contributed by atoms with Crippen LogP contribution in [0.1, 0.15) is 48.5 Å². The second kappa shape index (κ2) is 26.4. The third-order valence-corrected chi connectivity index (χ3v) is 9.35. The lowest BCUT2D eigenvalue weighted by molar-refractivity contribution is -0.123. The molecule has 3 saturated heterocycles. The molecule has 3 aliphatic rings. The van der Waals surface area contributed by atoms with Gasteiger partial charge < -0.3 is 40.3 Å². The smallest absolute Gasteiger partial charge is 0.410 e. The van der Waals surface area contributed by atoms with Crippen LogP contribution in [-0.4, -0.2) is 166 Å². The van der Waals surface area contributed by atoms with Gasteiger partial charge in [0.25, 0.3) is 0 Å². The molecule has 0 unspecified atom stereocenters. The molecule has 338 valence electrons. The molecule has 0 spiro atoms. The van der Waals surface area contributed by atoms with Crippen LogP contribution in [0.2, 0.25) is 15.5 Å². The van der Waals surface area contributed by atoms with Gasteiger partial charge in [-0.05, 0) is 48.5 Å². The lowest BCUT2D eigenvalue weighted by atomic mass is 10.2. The first kappa shape index (κ1) is 51.3. The van der Waals surface area contributed by atoms with Gasteiger partial charge in [-0.2, -0.15) is 0 Å². The Bertz CT molecular complexity index is 1790. The van der Waals surface area contributed by atoms with Gasteiger partial charge in [0.2, 0.25) is 11.8 Å². The minimum absolute atomic E-state index is 0.0537. The van der Waals surface area contributed by atoms with E-state index >= 15 is 0 Å². The summed E-state index contributed by atoms with van der Waals surface area (Å²) in [7, 11) is 0. The first-order valence-corrected chi connectivity index (χ1v) is 21.8. The van der Waals surface area contributed by atoms with E-state index in [9.17, 15) is 14.4 Å². The maximum absolute atomic E-state index is 11.9. The Morgan fingerprint density at radius 1 is 0.639 bits per heavy atom. The van der Waals surface area contributed by atoms with Crippen molar-refractivity contribution in [1.82, 2.24) is 55.7 Å². The maximum Gasteiger partial charge on any atom is 0.410 e. The third kappa shape index (κ3) is 20.6. The molecule has 61 heavy (non-hydrogen) atoms. The summed E-state index contributed by atoms with van der Waals surface area (Å²) >= 11 is 22.6. The van der Waals surface area contributed by atoms with Gasteiger partial charge in [-0.1, -0.05) is 34.8 Å². The number of nitrogens with one attached hydrogen (secondary N) is 3. The van der Waals surface area contributed by atoms with E-state index in [-0.39, 0.29) is 35.9 Å². The molecule has 22 heteroatoms. The van der Waals surface area contributed by atoms with Crippen molar-refractivity contribution in [3.63, 3.8) is 0 Å². The summed E-state index contributed by atoms with van der Waals surface area (Å²) in [5.74, 6) is 2.43. The standard InChI is InChI=1S/C13H20ClN5O.C13H19ClN4O2.C8H11ClN4.C5H10ClNO/c1-10(2)16-13(20)9-18-3-5-19(6-4-18)12-8-15-7-11(14)17-12;1-13(2,3)20-12(19)18-6-4-17(5-7-18)11-9-15-8-10(14)16-11;9-7-5-11-6-8(12-7)13-3-1-10-2-4-13;1-4(2)7-5(8)3-6/h7-8,10H,3-6,9H2,1-2H3,(H,16,20);8-9H,4-7H2,1-3H3;5-6,10H,1-4H2;4H,3H2,1-2H3,(H,7,8). The minimum atomic E-state index is -0.466.